The van der Waals surface area contributed by atoms with Crippen LogP contribution in [0.3, 0.4) is 0 Å². The maximum atomic E-state index is 6.41. The summed E-state index contributed by atoms with van der Waals surface area (Å²) >= 11 is 0. The summed E-state index contributed by atoms with van der Waals surface area (Å²) in [5.74, 6) is 1.74. The van der Waals surface area contributed by atoms with Gasteiger partial charge in [0.15, 0.2) is 0 Å². The fourth-order valence-corrected chi connectivity index (χ4v) is 5.24. The number of benzene rings is 2. The van der Waals surface area contributed by atoms with Crippen molar-refractivity contribution in [3.63, 3.8) is 0 Å². The van der Waals surface area contributed by atoms with Crippen molar-refractivity contribution in [2.75, 3.05) is 19.8 Å². The van der Waals surface area contributed by atoms with Crippen molar-refractivity contribution >= 4 is 8.38 Å². The van der Waals surface area contributed by atoms with Gasteiger partial charge in [-0.1, -0.05) is 65.8 Å². The van der Waals surface area contributed by atoms with Gasteiger partial charge in [0.1, 0.15) is 17.1 Å². The van der Waals surface area contributed by atoms with Crippen LogP contribution in [-0.4, -0.2) is 30.6 Å². The summed E-state index contributed by atoms with van der Waals surface area (Å²) in [5.41, 5.74) is 2.29. The van der Waals surface area contributed by atoms with E-state index < -0.39 is 8.38 Å². The lowest BCUT2D eigenvalue weighted by Gasteiger charge is -2.42. The van der Waals surface area contributed by atoms with Crippen LogP contribution >= 0.6 is 8.38 Å². The monoisotopic (exact) mass is 486 g/mol. The zero-order valence-electron chi connectivity index (χ0n) is 22.5. The summed E-state index contributed by atoms with van der Waals surface area (Å²) < 4.78 is 24.2. The largest absolute Gasteiger partial charge is 0.488 e. The minimum absolute atomic E-state index is 0.0797. The number of hydrogen-bond acceptors (Lipinski definition) is 4. The zero-order valence-corrected chi connectivity index (χ0v) is 23.4. The molecular weight excluding hydrogens is 443 g/mol. The van der Waals surface area contributed by atoms with Crippen LogP contribution in [0.1, 0.15) is 79.9 Å². The van der Waals surface area contributed by atoms with Gasteiger partial charge in [-0.25, -0.2) is 0 Å². The molecule has 0 aliphatic carbocycles. The smallest absolute Gasteiger partial charge is 0.235 e. The molecule has 1 unspecified atom stereocenters. The van der Waals surface area contributed by atoms with Crippen LogP contribution in [0.4, 0.5) is 0 Å². The highest BCUT2D eigenvalue weighted by Gasteiger charge is 2.40. The second-order valence-electron chi connectivity index (χ2n) is 12.0. The number of rotatable bonds is 9. The van der Waals surface area contributed by atoms with Crippen LogP contribution < -0.4 is 9.26 Å². The molecule has 1 atom stereocenters. The van der Waals surface area contributed by atoms with Crippen molar-refractivity contribution in [1.29, 1.82) is 0 Å². The molecule has 4 nitrogen and oxygen atoms in total. The van der Waals surface area contributed by atoms with E-state index >= 15 is 0 Å². The summed E-state index contributed by atoms with van der Waals surface area (Å²) in [6.07, 6.45) is 1.06. The van der Waals surface area contributed by atoms with E-state index in [0.717, 1.165) is 31.1 Å². The average Bonchev–Trinajstić information content (AvgIpc) is 2.71. The van der Waals surface area contributed by atoms with Gasteiger partial charge in [-0.3, -0.25) is 0 Å². The van der Waals surface area contributed by atoms with Gasteiger partial charge in [-0.2, -0.15) is 0 Å². The van der Waals surface area contributed by atoms with Crippen LogP contribution in [0.5, 0.6) is 11.5 Å². The van der Waals surface area contributed by atoms with Gasteiger partial charge in [0.05, 0.1) is 19.8 Å². The quantitative estimate of drug-likeness (QED) is 0.335. The first kappa shape index (κ1) is 27.0. The van der Waals surface area contributed by atoms with Crippen molar-refractivity contribution in [2.45, 2.75) is 84.9 Å². The molecule has 1 aliphatic rings. The van der Waals surface area contributed by atoms with E-state index in [2.05, 4.69) is 111 Å². The summed E-state index contributed by atoms with van der Waals surface area (Å²) in [4.78, 5) is 0. The maximum Gasteiger partial charge on any atom is 0.235 e. The molecule has 0 aromatic heterocycles. The van der Waals surface area contributed by atoms with Crippen molar-refractivity contribution in [3.05, 3.63) is 59.7 Å². The summed E-state index contributed by atoms with van der Waals surface area (Å²) in [6, 6.07) is 16.9. The molecule has 188 valence electrons. The topological polar surface area (TPSA) is 36.9 Å². The van der Waals surface area contributed by atoms with E-state index in [1.807, 2.05) is 0 Å². The SMILES string of the molecule is CCC1(COP(Oc2ccc(C(C)(C)c3ccc(OC(C)(C)C)cc3)cc2)C(C)(C)C)COC1. The molecule has 0 saturated carbocycles. The normalized spacial score (nSPS) is 17.1. The lowest BCUT2D eigenvalue weighted by Crippen LogP contribution is -2.45. The standard InChI is InChI=1S/C29H43O4P/c1-10-29(19-30-20-29)21-31-34(27(5,6)7)33-25-17-13-23(14-18-25)28(8,9)22-11-15-24(16-12-22)32-26(2,3)4/h11-18H,10,19-21H2,1-9H3. The van der Waals surface area contributed by atoms with Gasteiger partial charge in [-0.05, 0) is 62.6 Å². The first-order valence-corrected chi connectivity index (χ1v) is 13.5. The van der Waals surface area contributed by atoms with Crippen molar-refractivity contribution in [3.8, 4) is 11.5 Å². The molecule has 2 aromatic rings. The molecule has 1 heterocycles. The molecule has 0 amide bonds. The van der Waals surface area contributed by atoms with Gasteiger partial charge >= 0.3 is 0 Å². The second kappa shape index (κ2) is 10.2. The highest BCUT2D eigenvalue weighted by atomic mass is 31.2. The zero-order chi connectivity index (χ0) is 25.2. The molecule has 34 heavy (non-hydrogen) atoms. The molecule has 1 fully saturated rings. The van der Waals surface area contributed by atoms with E-state index in [-0.39, 0.29) is 21.6 Å². The summed E-state index contributed by atoms with van der Waals surface area (Å²) in [6.45, 7) is 21.7. The van der Waals surface area contributed by atoms with Crippen molar-refractivity contribution < 1.29 is 18.5 Å². The van der Waals surface area contributed by atoms with E-state index in [1.165, 1.54) is 11.1 Å². The van der Waals surface area contributed by atoms with Gasteiger partial charge in [0.25, 0.3) is 0 Å². The third-order valence-electron chi connectivity index (χ3n) is 6.37. The van der Waals surface area contributed by atoms with Gasteiger partial charge in [-0.15, -0.1) is 0 Å². The van der Waals surface area contributed by atoms with E-state index in [1.54, 1.807) is 0 Å². The Kier molecular flexibility index (Phi) is 8.07. The Morgan fingerprint density at radius 3 is 1.68 bits per heavy atom. The van der Waals surface area contributed by atoms with E-state index in [0.29, 0.717) is 6.61 Å². The first-order valence-electron chi connectivity index (χ1n) is 12.3. The van der Waals surface area contributed by atoms with Crippen LogP contribution in [-0.2, 0) is 14.7 Å². The molecule has 1 saturated heterocycles. The third-order valence-corrected chi connectivity index (χ3v) is 8.20. The van der Waals surface area contributed by atoms with Crippen LogP contribution in [0.2, 0.25) is 0 Å². The number of hydrogen-bond donors (Lipinski definition) is 0. The lowest BCUT2D eigenvalue weighted by atomic mass is 9.78. The van der Waals surface area contributed by atoms with Crippen molar-refractivity contribution in [1.82, 2.24) is 0 Å². The fraction of sp³-hybridized carbons (Fsp3) is 0.586. The Labute approximate surface area is 208 Å². The van der Waals surface area contributed by atoms with Gasteiger partial charge < -0.3 is 18.5 Å². The predicted molar refractivity (Wildman–Crippen MR) is 142 cm³/mol. The Bertz CT molecular complexity index is 911. The van der Waals surface area contributed by atoms with Crippen LogP contribution in [0.25, 0.3) is 0 Å². The maximum absolute atomic E-state index is 6.41. The highest BCUT2D eigenvalue weighted by molar-refractivity contribution is 7.49. The molecule has 5 heteroatoms. The van der Waals surface area contributed by atoms with Gasteiger partial charge in [0, 0.05) is 16.0 Å². The highest BCUT2D eigenvalue weighted by Crippen LogP contribution is 2.53. The summed E-state index contributed by atoms with van der Waals surface area (Å²) in [7, 11) is -1.09. The van der Waals surface area contributed by atoms with E-state index in [4.69, 9.17) is 18.5 Å². The Balaban J connectivity index is 1.69. The molecule has 1 aliphatic heterocycles. The van der Waals surface area contributed by atoms with Crippen LogP contribution in [0, 0.1) is 5.41 Å². The molecule has 2 aromatic carbocycles. The Hall–Kier alpha value is -1.61. The number of ether oxygens (including phenoxy) is 2. The molecular formula is C29H43O4P. The Morgan fingerprint density at radius 2 is 1.29 bits per heavy atom. The minimum Gasteiger partial charge on any atom is -0.488 e. The Morgan fingerprint density at radius 1 is 0.794 bits per heavy atom. The molecule has 0 N–H and O–H groups in total. The molecule has 0 spiro atoms. The molecule has 0 bridgehead atoms. The average molecular weight is 487 g/mol. The fourth-order valence-electron chi connectivity index (χ4n) is 3.82. The lowest BCUT2D eigenvalue weighted by molar-refractivity contribution is -0.133. The van der Waals surface area contributed by atoms with E-state index in [9.17, 15) is 0 Å². The summed E-state index contributed by atoms with van der Waals surface area (Å²) in [5, 5.41) is -0.0797. The first-order chi connectivity index (χ1) is 15.7. The van der Waals surface area contributed by atoms with Crippen molar-refractivity contribution in [2.24, 2.45) is 5.41 Å². The third kappa shape index (κ3) is 6.74. The predicted octanol–water partition coefficient (Wildman–Crippen LogP) is 8.12. The second-order valence-corrected chi connectivity index (χ2v) is 14.3. The van der Waals surface area contributed by atoms with Crippen LogP contribution in [0.15, 0.2) is 48.5 Å². The molecule has 0 radical (unpaired) electrons. The van der Waals surface area contributed by atoms with Gasteiger partial charge in [0.2, 0.25) is 8.38 Å². The molecule has 3 rings (SSSR count). The minimum atomic E-state index is -1.09.